The molecule has 1 aliphatic rings. The van der Waals surface area contributed by atoms with Gasteiger partial charge in [-0.25, -0.2) is 0 Å². The number of rotatable bonds is 5. The first-order valence-electron chi connectivity index (χ1n) is 6.88. The molecule has 1 aliphatic heterocycles. The van der Waals surface area contributed by atoms with Crippen molar-refractivity contribution in [3.8, 4) is 0 Å². The lowest BCUT2D eigenvalue weighted by atomic mass is 9.93. The minimum absolute atomic E-state index is 0.0994. The molecule has 1 N–H and O–H groups in total. The Morgan fingerprint density at radius 2 is 1.90 bits per heavy atom. The van der Waals surface area contributed by atoms with Crippen LogP contribution >= 0.6 is 0 Å². The SMILES string of the molecule is CCC(C)C1NC(=O)C(CC)N(CCC(F)(F)F)C1=O. The minimum Gasteiger partial charge on any atom is -0.342 e. The molecule has 4 nitrogen and oxygen atoms in total. The molecule has 0 spiro atoms. The number of hydrogen-bond acceptors (Lipinski definition) is 2. The van der Waals surface area contributed by atoms with Gasteiger partial charge in [0.1, 0.15) is 12.1 Å². The molecular weight excluding hydrogens is 273 g/mol. The number of alkyl halides is 3. The third kappa shape index (κ3) is 3.86. The van der Waals surface area contributed by atoms with Crippen LogP contribution in [0.15, 0.2) is 0 Å². The van der Waals surface area contributed by atoms with Gasteiger partial charge in [0.2, 0.25) is 11.8 Å². The first kappa shape index (κ1) is 16.8. The summed E-state index contributed by atoms with van der Waals surface area (Å²) in [5.74, 6) is -0.868. The van der Waals surface area contributed by atoms with Gasteiger partial charge in [0.05, 0.1) is 6.42 Å². The van der Waals surface area contributed by atoms with Crippen LogP contribution in [0, 0.1) is 5.92 Å². The first-order chi connectivity index (χ1) is 9.21. The van der Waals surface area contributed by atoms with Crippen LogP contribution in [-0.4, -0.2) is 41.5 Å². The molecule has 0 aromatic rings. The number of piperazine rings is 1. The lowest BCUT2D eigenvalue weighted by Gasteiger charge is -2.40. The molecule has 0 saturated carbocycles. The molecule has 1 heterocycles. The summed E-state index contributed by atoms with van der Waals surface area (Å²) < 4.78 is 37.0. The van der Waals surface area contributed by atoms with Crippen molar-refractivity contribution >= 4 is 11.8 Å². The predicted molar refractivity (Wildman–Crippen MR) is 67.8 cm³/mol. The Kier molecular flexibility index (Phi) is 5.42. The zero-order chi connectivity index (χ0) is 15.5. The Bertz CT molecular complexity index is 371. The molecular formula is C13H21F3N2O2. The highest BCUT2D eigenvalue weighted by Gasteiger charge is 2.42. The van der Waals surface area contributed by atoms with E-state index in [1.807, 2.05) is 6.92 Å². The van der Waals surface area contributed by atoms with Crippen LogP contribution in [0.2, 0.25) is 0 Å². The first-order valence-corrected chi connectivity index (χ1v) is 6.88. The summed E-state index contributed by atoms with van der Waals surface area (Å²) in [5.41, 5.74) is 0. The van der Waals surface area contributed by atoms with Gasteiger partial charge < -0.3 is 10.2 Å². The summed E-state index contributed by atoms with van der Waals surface area (Å²) in [4.78, 5) is 25.3. The van der Waals surface area contributed by atoms with Gasteiger partial charge >= 0.3 is 6.18 Å². The summed E-state index contributed by atoms with van der Waals surface area (Å²) in [6, 6.07) is -1.52. The third-order valence-corrected chi connectivity index (χ3v) is 3.76. The quantitative estimate of drug-likeness (QED) is 0.844. The maximum absolute atomic E-state index is 12.3. The van der Waals surface area contributed by atoms with Crippen molar-refractivity contribution in [2.24, 2.45) is 5.92 Å². The van der Waals surface area contributed by atoms with E-state index < -0.39 is 37.1 Å². The smallest absolute Gasteiger partial charge is 0.342 e. The van der Waals surface area contributed by atoms with Gasteiger partial charge in [-0.1, -0.05) is 27.2 Å². The normalized spacial score (nSPS) is 25.6. The largest absolute Gasteiger partial charge is 0.390 e. The fraction of sp³-hybridized carbons (Fsp3) is 0.846. The van der Waals surface area contributed by atoms with Crippen LogP contribution in [0.4, 0.5) is 13.2 Å². The van der Waals surface area contributed by atoms with E-state index >= 15 is 0 Å². The molecule has 3 unspecified atom stereocenters. The highest BCUT2D eigenvalue weighted by Crippen LogP contribution is 2.24. The van der Waals surface area contributed by atoms with E-state index in [0.717, 1.165) is 4.90 Å². The van der Waals surface area contributed by atoms with E-state index in [1.54, 1.807) is 13.8 Å². The average Bonchev–Trinajstić information content (AvgIpc) is 2.37. The molecule has 7 heteroatoms. The van der Waals surface area contributed by atoms with E-state index in [4.69, 9.17) is 0 Å². The molecule has 0 bridgehead atoms. The summed E-state index contributed by atoms with van der Waals surface area (Å²) in [6.07, 6.45) is -4.45. The van der Waals surface area contributed by atoms with Crippen molar-refractivity contribution in [3.63, 3.8) is 0 Å². The lowest BCUT2D eigenvalue weighted by molar-refractivity contribution is -0.159. The number of carbonyl (C=O) groups is 2. The maximum Gasteiger partial charge on any atom is 0.390 e. The van der Waals surface area contributed by atoms with Gasteiger partial charge in [0.25, 0.3) is 0 Å². The Hall–Kier alpha value is -1.27. The van der Waals surface area contributed by atoms with Crippen LogP contribution in [0.3, 0.4) is 0 Å². The van der Waals surface area contributed by atoms with Crippen molar-refractivity contribution in [2.45, 2.75) is 58.3 Å². The van der Waals surface area contributed by atoms with Crippen molar-refractivity contribution < 1.29 is 22.8 Å². The Morgan fingerprint density at radius 1 is 1.30 bits per heavy atom. The van der Waals surface area contributed by atoms with Crippen LogP contribution in [-0.2, 0) is 9.59 Å². The molecule has 2 amide bonds. The third-order valence-electron chi connectivity index (χ3n) is 3.76. The molecule has 1 rings (SSSR count). The van der Waals surface area contributed by atoms with Crippen LogP contribution in [0.25, 0.3) is 0 Å². The second kappa shape index (κ2) is 6.45. The van der Waals surface area contributed by atoms with E-state index in [0.29, 0.717) is 12.8 Å². The fourth-order valence-corrected chi connectivity index (χ4v) is 2.33. The molecule has 0 radical (unpaired) electrons. The molecule has 20 heavy (non-hydrogen) atoms. The van der Waals surface area contributed by atoms with E-state index in [9.17, 15) is 22.8 Å². The monoisotopic (exact) mass is 294 g/mol. The number of halogens is 3. The van der Waals surface area contributed by atoms with Gasteiger partial charge in [-0.15, -0.1) is 0 Å². The molecule has 1 fully saturated rings. The summed E-state index contributed by atoms with van der Waals surface area (Å²) >= 11 is 0. The van der Waals surface area contributed by atoms with E-state index in [1.165, 1.54) is 0 Å². The van der Waals surface area contributed by atoms with Gasteiger partial charge in [-0.05, 0) is 12.3 Å². The molecule has 0 aromatic heterocycles. The number of nitrogens with zero attached hydrogens (tertiary/aromatic N) is 1. The molecule has 3 atom stereocenters. The number of hydrogen-bond donors (Lipinski definition) is 1. The highest BCUT2D eigenvalue weighted by atomic mass is 19.4. The predicted octanol–water partition coefficient (Wildman–Crippen LogP) is 2.09. The number of amides is 2. The number of nitrogens with one attached hydrogen (secondary N) is 1. The molecule has 0 aromatic carbocycles. The van der Waals surface area contributed by atoms with Crippen LogP contribution < -0.4 is 5.32 Å². The van der Waals surface area contributed by atoms with Crippen LogP contribution in [0.5, 0.6) is 0 Å². The summed E-state index contributed by atoms with van der Waals surface area (Å²) in [5, 5.41) is 2.63. The van der Waals surface area contributed by atoms with Crippen LogP contribution in [0.1, 0.15) is 40.0 Å². The average molecular weight is 294 g/mol. The summed E-state index contributed by atoms with van der Waals surface area (Å²) in [6.45, 7) is 4.90. The van der Waals surface area contributed by atoms with Gasteiger partial charge in [0, 0.05) is 6.54 Å². The molecule has 1 saturated heterocycles. The van der Waals surface area contributed by atoms with E-state index in [2.05, 4.69) is 5.32 Å². The zero-order valence-electron chi connectivity index (χ0n) is 12.0. The van der Waals surface area contributed by atoms with Crippen molar-refractivity contribution in [3.05, 3.63) is 0 Å². The van der Waals surface area contributed by atoms with Crippen molar-refractivity contribution in [1.29, 1.82) is 0 Å². The lowest BCUT2D eigenvalue weighted by Crippen LogP contribution is -2.65. The maximum atomic E-state index is 12.3. The van der Waals surface area contributed by atoms with Crippen molar-refractivity contribution in [2.75, 3.05) is 6.54 Å². The number of carbonyl (C=O) groups excluding carboxylic acids is 2. The highest BCUT2D eigenvalue weighted by molar-refractivity contribution is 5.97. The standard InChI is InChI=1S/C13H21F3N2O2/c1-4-8(3)10-12(20)18(7-6-13(14,15)16)9(5-2)11(19)17-10/h8-10H,4-7H2,1-3H3,(H,17,19). The zero-order valence-corrected chi connectivity index (χ0v) is 12.0. The van der Waals surface area contributed by atoms with Gasteiger partial charge in [-0.2, -0.15) is 13.2 Å². The van der Waals surface area contributed by atoms with Gasteiger partial charge in [-0.3, -0.25) is 9.59 Å². The van der Waals surface area contributed by atoms with Crippen molar-refractivity contribution in [1.82, 2.24) is 10.2 Å². The topological polar surface area (TPSA) is 49.4 Å². The van der Waals surface area contributed by atoms with E-state index in [-0.39, 0.29) is 11.8 Å². The second-order valence-electron chi connectivity index (χ2n) is 5.19. The Labute approximate surface area is 116 Å². The minimum atomic E-state index is -4.33. The molecule has 116 valence electrons. The fourth-order valence-electron chi connectivity index (χ4n) is 2.33. The Morgan fingerprint density at radius 3 is 2.35 bits per heavy atom. The summed E-state index contributed by atoms with van der Waals surface area (Å²) in [7, 11) is 0. The van der Waals surface area contributed by atoms with Gasteiger partial charge in [0.15, 0.2) is 0 Å². The second-order valence-corrected chi connectivity index (χ2v) is 5.19. The molecule has 0 aliphatic carbocycles. The Balaban J connectivity index is 2.89.